The van der Waals surface area contributed by atoms with Crippen LogP contribution in [0, 0.1) is 34.5 Å². The van der Waals surface area contributed by atoms with Crippen molar-refractivity contribution in [2.45, 2.75) is 53.4 Å². The van der Waals surface area contributed by atoms with E-state index in [1.807, 2.05) is 12.1 Å². The molecule has 2 aliphatic carbocycles. The number of ketones is 1. The number of rotatable bonds is 6. The van der Waals surface area contributed by atoms with Crippen LogP contribution in [0.5, 0.6) is 11.5 Å². The quantitative estimate of drug-likeness (QED) is 0.237. The first-order chi connectivity index (χ1) is 14.2. The van der Waals surface area contributed by atoms with Gasteiger partial charge in [-0.2, -0.15) is 0 Å². The van der Waals surface area contributed by atoms with Crippen molar-refractivity contribution in [2.24, 2.45) is 39.6 Å². The first kappa shape index (κ1) is 22.5. The summed E-state index contributed by atoms with van der Waals surface area (Å²) in [6.07, 6.45) is 4.37. The lowest BCUT2D eigenvalue weighted by molar-refractivity contribution is -0.0997. The number of Topliss-reactive ketones (excluding diaryl/α,β-unsaturated/α-hetero) is 1. The molecule has 30 heavy (non-hydrogen) atoms. The van der Waals surface area contributed by atoms with Gasteiger partial charge in [-0.25, -0.2) is 0 Å². The third-order valence-corrected chi connectivity index (χ3v) is 8.09. The zero-order valence-corrected chi connectivity index (χ0v) is 19.1. The van der Waals surface area contributed by atoms with Gasteiger partial charge < -0.3 is 9.47 Å². The van der Waals surface area contributed by atoms with Crippen LogP contribution in [0.2, 0.25) is 0 Å². The van der Waals surface area contributed by atoms with Gasteiger partial charge in [0.1, 0.15) is 11.5 Å². The van der Waals surface area contributed by atoms with Crippen molar-refractivity contribution in [3.63, 3.8) is 0 Å². The maximum absolute atomic E-state index is 14.0. The Balaban J connectivity index is 2.08. The summed E-state index contributed by atoms with van der Waals surface area (Å²) >= 11 is 0. The van der Waals surface area contributed by atoms with E-state index in [0.717, 1.165) is 19.3 Å². The van der Waals surface area contributed by atoms with Gasteiger partial charge in [0.05, 0.1) is 14.2 Å². The van der Waals surface area contributed by atoms with E-state index >= 15 is 0 Å². The molecule has 0 bridgehead atoms. The zero-order valence-electron chi connectivity index (χ0n) is 19.1. The van der Waals surface area contributed by atoms with Crippen LogP contribution < -0.4 is 9.47 Å². The van der Waals surface area contributed by atoms with Gasteiger partial charge in [0.2, 0.25) is 0 Å². The van der Waals surface area contributed by atoms with Crippen molar-refractivity contribution in [1.82, 2.24) is 0 Å². The predicted molar refractivity (Wildman–Crippen MR) is 118 cm³/mol. The fraction of sp³-hybridized carbons (Fsp3) is 0.708. The SMILES string of the molecule is COc1cc(OC)cc(C(=O)[C@H]2[C@H](C)[C@@H](CN=[N+]=[N-])C[C@H]3C(C)(C)CCC[C@]23C)c1. The number of benzene rings is 1. The van der Waals surface area contributed by atoms with E-state index < -0.39 is 0 Å². The topological polar surface area (TPSA) is 84.3 Å². The summed E-state index contributed by atoms with van der Waals surface area (Å²) in [5.74, 6) is 2.01. The van der Waals surface area contributed by atoms with Crippen molar-refractivity contribution in [2.75, 3.05) is 20.8 Å². The minimum Gasteiger partial charge on any atom is -0.497 e. The van der Waals surface area contributed by atoms with E-state index in [0.29, 0.717) is 29.5 Å². The minimum absolute atomic E-state index is 0.0819. The van der Waals surface area contributed by atoms with Gasteiger partial charge in [0.25, 0.3) is 0 Å². The molecule has 0 unspecified atom stereocenters. The van der Waals surface area contributed by atoms with Gasteiger partial charge in [-0.05, 0) is 65.5 Å². The highest BCUT2D eigenvalue weighted by Gasteiger charge is 2.58. The lowest BCUT2D eigenvalue weighted by atomic mass is 9.44. The maximum atomic E-state index is 14.0. The molecule has 0 heterocycles. The number of hydrogen-bond donors (Lipinski definition) is 0. The largest absolute Gasteiger partial charge is 0.497 e. The molecule has 0 aliphatic heterocycles. The van der Waals surface area contributed by atoms with Crippen LogP contribution in [0.15, 0.2) is 23.3 Å². The van der Waals surface area contributed by atoms with Gasteiger partial charge in [0, 0.05) is 29.0 Å². The summed E-state index contributed by atoms with van der Waals surface area (Å²) in [7, 11) is 3.20. The Morgan fingerprint density at radius 2 is 1.80 bits per heavy atom. The second kappa shape index (κ2) is 8.50. The van der Waals surface area contributed by atoms with Gasteiger partial charge >= 0.3 is 0 Å². The van der Waals surface area contributed by atoms with Gasteiger partial charge in [0.15, 0.2) is 5.78 Å². The highest BCUT2D eigenvalue weighted by atomic mass is 16.5. The molecule has 0 saturated heterocycles. The number of carbonyl (C=O) groups excluding carboxylic acids is 1. The molecule has 1 aromatic rings. The van der Waals surface area contributed by atoms with Gasteiger partial charge in [-0.3, -0.25) is 4.79 Å². The zero-order chi connectivity index (χ0) is 22.1. The van der Waals surface area contributed by atoms with E-state index in [2.05, 4.69) is 37.7 Å². The molecule has 1 aromatic carbocycles. The number of methoxy groups -OCH3 is 2. The van der Waals surface area contributed by atoms with E-state index in [1.165, 1.54) is 6.42 Å². The summed E-state index contributed by atoms with van der Waals surface area (Å²) in [5, 5.41) is 3.90. The molecule has 6 heteroatoms. The molecule has 0 N–H and O–H groups in total. The normalized spacial score (nSPS) is 32.5. The smallest absolute Gasteiger partial charge is 0.167 e. The molecular weight excluding hydrogens is 378 g/mol. The Bertz CT molecular complexity index is 824. The van der Waals surface area contributed by atoms with Crippen LogP contribution in [0.3, 0.4) is 0 Å². The number of ether oxygens (including phenoxy) is 2. The van der Waals surface area contributed by atoms with Crippen molar-refractivity contribution < 1.29 is 14.3 Å². The van der Waals surface area contributed by atoms with Crippen molar-refractivity contribution in [1.29, 1.82) is 0 Å². The molecule has 164 valence electrons. The summed E-state index contributed by atoms with van der Waals surface area (Å²) in [6, 6.07) is 5.43. The molecule has 0 aromatic heterocycles. The van der Waals surface area contributed by atoms with Crippen molar-refractivity contribution in [3.8, 4) is 11.5 Å². The molecular formula is C24H35N3O3. The number of nitrogens with zero attached hydrogens (tertiary/aromatic N) is 3. The molecule has 5 atom stereocenters. The first-order valence-electron chi connectivity index (χ1n) is 11.0. The van der Waals surface area contributed by atoms with Crippen LogP contribution in [0.4, 0.5) is 0 Å². The number of azide groups is 1. The summed E-state index contributed by atoms with van der Waals surface area (Å²) in [5.41, 5.74) is 9.61. The molecule has 0 radical (unpaired) electrons. The highest BCUT2D eigenvalue weighted by molar-refractivity contribution is 5.99. The van der Waals surface area contributed by atoms with Crippen molar-refractivity contribution in [3.05, 3.63) is 34.2 Å². The lowest BCUT2D eigenvalue weighted by Crippen LogP contribution is -2.56. The van der Waals surface area contributed by atoms with Crippen LogP contribution in [-0.2, 0) is 0 Å². The summed E-state index contributed by atoms with van der Waals surface area (Å²) < 4.78 is 10.8. The molecule has 0 spiro atoms. The van der Waals surface area contributed by atoms with Crippen molar-refractivity contribution >= 4 is 5.78 Å². The average Bonchev–Trinajstić information content (AvgIpc) is 2.71. The third kappa shape index (κ3) is 3.90. The monoisotopic (exact) mass is 413 g/mol. The molecule has 3 rings (SSSR count). The van der Waals surface area contributed by atoms with E-state index in [4.69, 9.17) is 15.0 Å². The first-order valence-corrected chi connectivity index (χ1v) is 11.0. The standard InChI is InChI=1S/C24H35N3O3/c1-15-17(14-26-27-25)12-20-23(2,3)8-7-9-24(20,4)21(15)22(28)16-10-18(29-5)13-19(11-16)30-6/h10-11,13,15,17,20-21H,7-9,12,14H2,1-6H3/t15-,17-,20+,21-,24+/m1/s1. The Labute approximate surface area is 180 Å². The van der Waals surface area contributed by atoms with E-state index in [9.17, 15) is 4.79 Å². The van der Waals surface area contributed by atoms with E-state index in [1.54, 1.807) is 20.3 Å². The highest BCUT2D eigenvalue weighted by Crippen LogP contribution is 2.63. The molecule has 6 nitrogen and oxygen atoms in total. The summed E-state index contributed by atoms with van der Waals surface area (Å²) in [4.78, 5) is 17.0. The van der Waals surface area contributed by atoms with Crippen LogP contribution in [-0.4, -0.2) is 26.5 Å². The fourth-order valence-electron chi connectivity index (χ4n) is 6.57. The molecule has 2 aliphatic rings. The number of fused-ring (bicyclic) bond motifs is 1. The van der Waals surface area contributed by atoms with E-state index in [-0.39, 0.29) is 34.4 Å². The second-order valence-corrected chi connectivity index (χ2v) is 10.1. The van der Waals surface area contributed by atoms with Crippen LogP contribution in [0.25, 0.3) is 10.4 Å². The average molecular weight is 414 g/mol. The van der Waals surface area contributed by atoms with Crippen LogP contribution in [0.1, 0.15) is 63.7 Å². The Hall–Kier alpha value is -2.20. The Morgan fingerprint density at radius 1 is 1.17 bits per heavy atom. The molecule has 2 saturated carbocycles. The second-order valence-electron chi connectivity index (χ2n) is 10.1. The third-order valence-electron chi connectivity index (χ3n) is 8.09. The number of carbonyl (C=O) groups is 1. The van der Waals surface area contributed by atoms with Gasteiger partial charge in [-0.15, -0.1) is 0 Å². The Morgan fingerprint density at radius 3 is 2.37 bits per heavy atom. The van der Waals surface area contributed by atoms with Gasteiger partial charge in [-0.1, -0.05) is 39.2 Å². The molecule has 2 fully saturated rings. The fourth-order valence-corrected chi connectivity index (χ4v) is 6.57. The lowest BCUT2D eigenvalue weighted by Gasteiger charge is -2.60. The number of hydrogen-bond acceptors (Lipinski definition) is 4. The molecule has 0 amide bonds. The maximum Gasteiger partial charge on any atom is 0.167 e. The minimum atomic E-state index is -0.133. The summed E-state index contributed by atoms with van der Waals surface area (Å²) in [6.45, 7) is 9.61. The van der Waals surface area contributed by atoms with Crippen LogP contribution >= 0.6 is 0 Å². The predicted octanol–water partition coefficient (Wildman–Crippen LogP) is 6.30. The Kier molecular flexibility index (Phi) is 6.37.